The van der Waals surface area contributed by atoms with Crippen LogP contribution in [0.4, 0.5) is 17.1 Å². The third-order valence-corrected chi connectivity index (χ3v) is 7.42. The van der Waals surface area contributed by atoms with E-state index in [0.717, 1.165) is 33.6 Å². The van der Waals surface area contributed by atoms with Gasteiger partial charge in [-0.3, -0.25) is 24.7 Å². The molecular weight excluding hydrogens is 520 g/mol. The van der Waals surface area contributed by atoms with Gasteiger partial charge in [0.05, 0.1) is 30.9 Å². The first-order valence-electron chi connectivity index (χ1n) is 12.5. The highest BCUT2D eigenvalue weighted by Gasteiger charge is 2.39. The van der Waals surface area contributed by atoms with Gasteiger partial charge in [0.25, 0.3) is 11.6 Å². The van der Waals surface area contributed by atoms with E-state index in [1.54, 1.807) is 18.2 Å². The quantitative estimate of drug-likeness (QED) is 0.217. The van der Waals surface area contributed by atoms with Crippen LogP contribution in [0.5, 0.6) is 0 Å². The fourth-order valence-corrected chi connectivity index (χ4v) is 5.35. The van der Waals surface area contributed by atoms with Crippen LogP contribution in [0.2, 0.25) is 0 Å². The average molecular weight is 551 g/mol. The van der Waals surface area contributed by atoms with Crippen molar-refractivity contribution in [2.75, 3.05) is 43.1 Å². The molecule has 39 heavy (non-hydrogen) atoms. The van der Waals surface area contributed by atoms with Crippen molar-refractivity contribution >= 4 is 52.0 Å². The predicted octanol–water partition coefficient (Wildman–Crippen LogP) is 3.90. The van der Waals surface area contributed by atoms with Crippen molar-refractivity contribution < 1.29 is 19.2 Å². The Morgan fingerprint density at radius 3 is 2.64 bits per heavy atom. The molecule has 2 aromatic rings. The van der Waals surface area contributed by atoms with Crippen LogP contribution in [0.1, 0.15) is 23.1 Å². The molecule has 0 bridgehead atoms. The largest absolute Gasteiger partial charge is 0.378 e. The van der Waals surface area contributed by atoms with Crippen LogP contribution >= 0.6 is 11.8 Å². The minimum Gasteiger partial charge on any atom is -0.378 e. The van der Waals surface area contributed by atoms with Crippen LogP contribution in [0, 0.1) is 24.0 Å². The second kappa shape index (κ2) is 12.7. The summed E-state index contributed by atoms with van der Waals surface area (Å²) in [7, 11) is 0. The monoisotopic (exact) mass is 550 g/mol. The topological polar surface area (TPSA) is 130 Å². The number of nitrogens with zero attached hydrogens (tertiary/aromatic N) is 5. The Labute approximate surface area is 230 Å². The number of carbonyl (C=O) groups excluding carboxylic acids is 2. The number of para-hydroxylation sites is 1. The van der Waals surface area contributed by atoms with Gasteiger partial charge in [-0.1, -0.05) is 42.1 Å². The Kier molecular flexibility index (Phi) is 9.10. The molecule has 0 aromatic heterocycles. The van der Waals surface area contributed by atoms with Crippen molar-refractivity contribution in [2.45, 2.75) is 25.5 Å². The lowest BCUT2D eigenvalue weighted by Gasteiger charge is -2.28. The van der Waals surface area contributed by atoms with E-state index in [0.29, 0.717) is 42.7 Å². The fraction of sp³-hybridized carbons (Fsp3) is 0.333. The molecule has 1 atom stereocenters. The summed E-state index contributed by atoms with van der Waals surface area (Å²) in [6.45, 7) is 9.89. The highest BCUT2D eigenvalue weighted by molar-refractivity contribution is 8.15. The maximum Gasteiger partial charge on any atom is 0.293 e. The van der Waals surface area contributed by atoms with Crippen molar-refractivity contribution in [1.29, 1.82) is 0 Å². The van der Waals surface area contributed by atoms with Gasteiger partial charge < -0.3 is 15.0 Å². The van der Waals surface area contributed by atoms with Gasteiger partial charge in [0.15, 0.2) is 5.17 Å². The summed E-state index contributed by atoms with van der Waals surface area (Å²) < 4.78 is 5.35. The third kappa shape index (κ3) is 6.70. The minimum absolute atomic E-state index is 0.0513. The van der Waals surface area contributed by atoms with Crippen LogP contribution in [-0.4, -0.2) is 71.2 Å². The van der Waals surface area contributed by atoms with Crippen molar-refractivity contribution in [3.8, 4) is 0 Å². The molecule has 0 spiro atoms. The van der Waals surface area contributed by atoms with E-state index in [1.807, 2.05) is 36.9 Å². The van der Waals surface area contributed by atoms with Crippen LogP contribution in [0.25, 0.3) is 0 Å². The molecule has 2 saturated heterocycles. The number of ether oxygens (including phenoxy) is 1. The normalized spacial score (nSPS) is 18.7. The molecule has 2 aliphatic heterocycles. The zero-order chi connectivity index (χ0) is 27.9. The van der Waals surface area contributed by atoms with Gasteiger partial charge in [0, 0.05) is 36.8 Å². The van der Waals surface area contributed by atoms with Crippen molar-refractivity contribution in [2.24, 2.45) is 10.1 Å². The number of hydrogen-bond donors (Lipinski definition) is 1. The van der Waals surface area contributed by atoms with E-state index < -0.39 is 16.1 Å². The molecular formula is C27H30N6O5S. The zero-order valence-corrected chi connectivity index (χ0v) is 22.6. The summed E-state index contributed by atoms with van der Waals surface area (Å²) in [6.07, 6.45) is 2.92. The summed E-state index contributed by atoms with van der Waals surface area (Å²) in [5.74, 6) is -0.684. The summed E-state index contributed by atoms with van der Waals surface area (Å²) >= 11 is 1.16. The number of aryl methyl sites for hydroxylation is 2. The summed E-state index contributed by atoms with van der Waals surface area (Å²) in [6, 6.07) is 10.6. The number of amides is 2. The Hall–Kier alpha value is -4.03. The van der Waals surface area contributed by atoms with Crippen LogP contribution in [0.3, 0.4) is 0 Å². The van der Waals surface area contributed by atoms with Gasteiger partial charge in [0.1, 0.15) is 10.9 Å². The second-order valence-electron chi connectivity index (χ2n) is 9.04. The molecule has 12 heteroatoms. The van der Waals surface area contributed by atoms with E-state index in [9.17, 15) is 19.7 Å². The molecule has 2 fully saturated rings. The lowest BCUT2D eigenvalue weighted by molar-refractivity contribution is -0.384. The molecule has 0 aliphatic carbocycles. The number of nitro groups is 1. The number of hydrogen-bond acceptors (Lipinski definition) is 9. The number of anilines is 2. The number of thioether (sulfide) groups is 1. The maximum absolute atomic E-state index is 13.2. The lowest BCUT2D eigenvalue weighted by Crippen LogP contribution is -2.36. The van der Waals surface area contributed by atoms with Crippen LogP contribution in [-0.2, 0) is 14.3 Å². The third-order valence-electron chi connectivity index (χ3n) is 6.26. The van der Waals surface area contributed by atoms with E-state index in [-0.39, 0.29) is 24.6 Å². The van der Waals surface area contributed by atoms with Gasteiger partial charge in [-0.2, -0.15) is 10.1 Å². The van der Waals surface area contributed by atoms with Crippen molar-refractivity contribution in [3.63, 3.8) is 0 Å². The fourth-order valence-electron chi connectivity index (χ4n) is 4.27. The number of aliphatic imine (C=N–C) groups is 1. The molecule has 1 N–H and O–H groups in total. The average Bonchev–Trinajstić information content (AvgIpc) is 3.22. The number of morpholine rings is 1. The van der Waals surface area contributed by atoms with Gasteiger partial charge in [-0.25, -0.2) is 0 Å². The second-order valence-corrected chi connectivity index (χ2v) is 10.2. The molecule has 11 nitrogen and oxygen atoms in total. The Balaban J connectivity index is 1.52. The lowest BCUT2D eigenvalue weighted by atomic mass is 10.1. The first-order valence-corrected chi connectivity index (χ1v) is 13.3. The number of hydrazone groups is 1. The molecule has 204 valence electrons. The zero-order valence-electron chi connectivity index (χ0n) is 21.8. The SMILES string of the molecule is C=CCN=C1SC(CC(=O)Nc2c(C)cccc2C)C(=O)N1/N=C/c1ccc(N2CCOCC2)c([N+](=O)[O-])c1. The van der Waals surface area contributed by atoms with Crippen molar-refractivity contribution in [3.05, 3.63) is 75.9 Å². The number of amidine groups is 1. The van der Waals surface area contributed by atoms with Crippen LogP contribution in [0.15, 0.2) is 59.1 Å². The van der Waals surface area contributed by atoms with E-state index in [4.69, 9.17) is 4.74 Å². The van der Waals surface area contributed by atoms with E-state index in [1.165, 1.54) is 12.3 Å². The molecule has 2 amide bonds. The number of nitro benzene ring substituents is 1. The Bertz CT molecular complexity index is 1320. The predicted molar refractivity (Wildman–Crippen MR) is 154 cm³/mol. The molecule has 2 aliphatic rings. The highest BCUT2D eigenvalue weighted by atomic mass is 32.2. The molecule has 0 radical (unpaired) electrons. The smallest absolute Gasteiger partial charge is 0.293 e. The molecule has 4 rings (SSSR count). The van der Waals surface area contributed by atoms with E-state index >= 15 is 0 Å². The number of rotatable bonds is 9. The number of benzene rings is 2. The first-order chi connectivity index (χ1) is 18.8. The molecule has 0 saturated carbocycles. The molecule has 1 unspecified atom stereocenters. The van der Waals surface area contributed by atoms with Gasteiger partial charge in [-0.05, 0) is 31.0 Å². The van der Waals surface area contributed by atoms with Crippen LogP contribution < -0.4 is 10.2 Å². The van der Waals surface area contributed by atoms with Gasteiger partial charge >= 0.3 is 0 Å². The summed E-state index contributed by atoms with van der Waals surface area (Å²) in [5.41, 5.74) is 3.51. The molecule has 2 heterocycles. The number of nitrogens with one attached hydrogen (secondary N) is 1. The first kappa shape index (κ1) is 28.0. The number of carbonyl (C=O) groups is 2. The molecule has 2 aromatic carbocycles. The summed E-state index contributed by atoms with van der Waals surface area (Å²) in [5, 5.41) is 19.8. The maximum atomic E-state index is 13.2. The summed E-state index contributed by atoms with van der Waals surface area (Å²) in [4.78, 5) is 43.7. The minimum atomic E-state index is -0.715. The van der Waals surface area contributed by atoms with E-state index in [2.05, 4.69) is 22.0 Å². The standard InChI is InChI=1S/C27H30N6O5S/c1-4-10-28-27-32(26(35)23(39-27)16-24(34)30-25-18(2)6-5-7-19(25)3)29-17-20-8-9-21(22(15-20)33(36)37)31-11-13-38-14-12-31/h4-9,15,17,23H,1,10-14,16H2,2-3H3,(H,30,34)/b28-27?,29-17+. The Morgan fingerprint density at radius 1 is 1.26 bits per heavy atom. The Morgan fingerprint density at radius 2 is 1.97 bits per heavy atom. The highest BCUT2D eigenvalue weighted by Crippen LogP contribution is 2.32. The van der Waals surface area contributed by atoms with Gasteiger partial charge in [0.2, 0.25) is 5.91 Å². The van der Waals surface area contributed by atoms with Crippen molar-refractivity contribution in [1.82, 2.24) is 5.01 Å². The van der Waals surface area contributed by atoms with Gasteiger partial charge in [-0.15, -0.1) is 6.58 Å².